The first-order chi connectivity index (χ1) is 9.47. The van der Waals surface area contributed by atoms with Gasteiger partial charge >= 0.3 is 5.97 Å². The molecule has 0 aromatic heterocycles. The Balaban J connectivity index is 2.13. The summed E-state index contributed by atoms with van der Waals surface area (Å²) in [5.74, 6) is -0.938. The smallest absolute Gasteiger partial charge is 0.335 e. The van der Waals surface area contributed by atoms with E-state index in [2.05, 4.69) is 21.2 Å². The molecule has 2 aromatic carbocycles. The molecule has 0 saturated heterocycles. The highest BCUT2D eigenvalue weighted by atomic mass is 79.9. The van der Waals surface area contributed by atoms with Crippen molar-refractivity contribution in [2.24, 2.45) is 0 Å². The largest absolute Gasteiger partial charge is 0.478 e. The van der Waals surface area contributed by atoms with E-state index < -0.39 is 5.97 Å². The zero-order valence-electron chi connectivity index (χ0n) is 10.8. The monoisotopic (exact) mass is 353 g/mol. The van der Waals surface area contributed by atoms with E-state index in [1.165, 1.54) is 0 Å². The summed E-state index contributed by atoms with van der Waals surface area (Å²) in [4.78, 5) is 10.9. The van der Waals surface area contributed by atoms with Crippen LogP contribution >= 0.6 is 27.5 Å². The first kappa shape index (κ1) is 14.9. The molecular formula is C15H13BrClNO2. The Kier molecular flexibility index (Phi) is 4.68. The Bertz CT molecular complexity index is 658. The number of anilines is 1. The fourth-order valence-corrected chi connectivity index (χ4v) is 2.60. The molecule has 0 unspecified atom stereocenters. The maximum atomic E-state index is 10.9. The zero-order chi connectivity index (χ0) is 14.7. The van der Waals surface area contributed by atoms with E-state index in [0.717, 1.165) is 21.3 Å². The van der Waals surface area contributed by atoms with Crippen LogP contribution in [0.2, 0.25) is 5.02 Å². The Morgan fingerprint density at radius 3 is 2.65 bits per heavy atom. The third-order valence-electron chi connectivity index (χ3n) is 2.89. The molecule has 0 bridgehead atoms. The molecule has 0 heterocycles. The van der Waals surface area contributed by atoms with Gasteiger partial charge < -0.3 is 10.4 Å². The van der Waals surface area contributed by atoms with E-state index in [9.17, 15) is 4.79 Å². The highest BCUT2D eigenvalue weighted by molar-refractivity contribution is 9.10. The third kappa shape index (κ3) is 3.52. The number of aryl methyl sites for hydroxylation is 1. The highest BCUT2D eigenvalue weighted by Crippen LogP contribution is 2.25. The van der Waals surface area contributed by atoms with Crippen LogP contribution in [0, 0.1) is 6.92 Å². The second kappa shape index (κ2) is 6.29. The third-order valence-corrected chi connectivity index (χ3v) is 3.94. The molecule has 2 rings (SSSR count). The van der Waals surface area contributed by atoms with Crippen LogP contribution in [0.15, 0.2) is 40.9 Å². The van der Waals surface area contributed by atoms with Crippen molar-refractivity contribution in [1.82, 2.24) is 0 Å². The SMILES string of the molecule is Cc1ccc(NCc2ccc(C(=O)O)cc2Br)c(Cl)c1. The molecule has 0 saturated carbocycles. The number of hydrogen-bond donors (Lipinski definition) is 2. The summed E-state index contributed by atoms with van der Waals surface area (Å²) in [6, 6.07) is 10.8. The second-order valence-corrected chi connectivity index (χ2v) is 5.71. The number of halogens is 2. The Hall–Kier alpha value is -1.52. The molecule has 0 atom stereocenters. The van der Waals surface area contributed by atoms with Crippen molar-refractivity contribution in [3.8, 4) is 0 Å². The molecule has 20 heavy (non-hydrogen) atoms. The number of nitrogens with one attached hydrogen (secondary N) is 1. The van der Waals surface area contributed by atoms with Crippen LogP contribution in [0.4, 0.5) is 5.69 Å². The van der Waals surface area contributed by atoms with Gasteiger partial charge in [-0.15, -0.1) is 0 Å². The van der Waals surface area contributed by atoms with E-state index in [1.54, 1.807) is 18.2 Å². The lowest BCUT2D eigenvalue weighted by atomic mass is 10.1. The minimum absolute atomic E-state index is 0.258. The van der Waals surface area contributed by atoms with E-state index in [1.807, 2.05) is 25.1 Å². The van der Waals surface area contributed by atoms with E-state index in [0.29, 0.717) is 11.6 Å². The number of carboxylic acid groups (broad SMARTS) is 1. The standard InChI is InChI=1S/C15H13BrClNO2/c1-9-2-5-14(13(17)6-9)18-8-11-4-3-10(15(19)20)7-12(11)16/h2-7,18H,8H2,1H3,(H,19,20). The number of aromatic carboxylic acids is 1. The normalized spacial score (nSPS) is 10.3. The summed E-state index contributed by atoms with van der Waals surface area (Å²) in [6.45, 7) is 2.54. The van der Waals surface area contributed by atoms with Crippen LogP contribution in [0.3, 0.4) is 0 Å². The second-order valence-electron chi connectivity index (χ2n) is 4.45. The average molecular weight is 355 g/mol. The van der Waals surface area contributed by atoms with Crippen LogP contribution in [0.5, 0.6) is 0 Å². The van der Waals surface area contributed by atoms with Gasteiger partial charge in [-0.3, -0.25) is 0 Å². The van der Waals surface area contributed by atoms with Crippen LogP contribution in [0.1, 0.15) is 21.5 Å². The molecule has 0 spiro atoms. The quantitative estimate of drug-likeness (QED) is 0.835. The molecule has 0 aliphatic heterocycles. The van der Waals surface area contributed by atoms with Gasteiger partial charge in [-0.1, -0.05) is 39.7 Å². The molecule has 0 aliphatic rings. The summed E-state index contributed by atoms with van der Waals surface area (Å²) in [6.07, 6.45) is 0. The van der Waals surface area contributed by atoms with Gasteiger partial charge in [-0.2, -0.15) is 0 Å². The van der Waals surface area contributed by atoms with Gasteiger partial charge in [-0.05, 0) is 42.3 Å². The number of benzene rings is 2. The maximum Gasteiger partial charge on any atom is 0.335 e. The predicted octanol–water partition coefficient (Wildman–Crippen LogP) is 4.72. The first-order valence-electron chi connectivity index (χ1n) is 5.99. The lowest BCUT2D eigenvalue weighted by Crippen LogP contribution is -2.03. The fraction of sp³-hybridized carbons (Fsp3) is 0.133. The molecule has 2 aromatic rings. The van der Waals surface area contributed by atoms with Gasteiger partial charge in [0.1, 0.15) is 0 Å². The van der Waals surface area contributed by atoms with Crippen molar-refractivity contribution in [2.45, 2.75) is 13.5 Å². The predicted molar refractivity (Wildman–Crippen MR) is 84.6 cm³/mol. The highest BCUT2D eigenvalue weighted by Gasteiger charge is 2.07. The molecule has 104 valence electrons. The number of carboxylic acids is 1. The van der Waals surface area contributed by atoms with E-state index >= 15 is 0 Å². The molecule has 0 aliphatic carbocycles. The molecule has 2 N–H and O–H groups in total. The first-order valence-corrected chi connectivity index (χ1v) is 7.16. The summed E-state index contributed by atoms with van der Waals surface area (Å²) in [5, 5.41) is 12.8. The van der Waals surface area contributed by atoms with E-state index in [4.69, 9.17) is 16.7 Å². The van der Waals surface area contributed by atoms with Gasteiger partial charge in [0.2, 0.25) is 0 Å². The summed E-state index contributed by atoms with van der Waals surface area (Å²) in [5.41, 5.74) is 3.18. The molecule has 0 fully saturated rings. The lowest BCUT2D eigenvalue weighted by Gasteiger charge is -2.11. The maximum absolute atomic E-state index is 10.9. The number of hydrogen-bond acceptors (Lipinski definition) is 2. The molecular weight excluding hydrogens is 342 g/mol. The molecule has 0 amide bonds. The zero-order valence-corrected chi connectivity index (χ0v) is 13.1. The Morgan fingerprint density at radius 2 is 2.05 bits per heavy atom. The summed E-state index contributed by atoms with van der Waals surface area (Å²) < 4.78 is 0.758. The van der Waals surface area contributed by atoms with Gasteiger partial charge in [0.05, 0.1) is 16.3 Å². The van der Waals surface area contributed by atoms with Gasteiger partial charge in [0.15, 0.2) is 0 Å². The minimum atomic E-state index is -0.938. The Morgan fingerprint density at radius 1 is 1.30 bits per heavy atom. The van der Waals surface area contributed by atoms with Crippen LogP contribution in [-0.2, 0) is 6.54 Å². The van der Waals surface area contributed by atoms with Crippen LogP contribution in [0.25, 0.3) is 0 Å². The van der Waals surface area contributed by atoms with Gasteiger partial charge in [-0.25, -0.2) is 4.79 Å². The number of rotatable bonds is 4. The van der Waals surface area contributed by atoms with Crippen LogP contribution < -0.4 is 5.32 Å². The van der Waals surface area contributed by atoms with Gasteiger partial charge in [0, 0.05) is 11.0 Å². The van der Waals surface area contributed by atoms with Crippen molar-refractivity contribution >= 4 is 39.2 Å². The molecule has 5 heteroatoms. The number of carbonyl (C=O) groups is 1. The van der Waals surface area contributed by atoms with Crippen LogP contribution in [-0.4, -0.2) is 11.1 Å². The minimum Gasteiger partial charge on any atom is -0.478 e. The fourth-order valence-electron chi connectivity index (χ4n) is 1.78. The van der Waals surface area contributed by atoms with Crippen molar-refractivity contribution in [3.63, 3.8) is 0 Å². The van der Waals surface area contributed by atoms with Gasteiger partial charge in [0.25, 0.3) is 0 Å². The van der Waals surface area contributed by atoms with Crippen molar-refractivity contribution < 1.29 is 9.90 Å². The van der Waals surface area contributed by atoms with E-state index in [-0.39, 0.29) is 5.56 Å². The Labute approximate surface area is 130 Å². The summed E-state index contributed by atoms with van der Waals surface area (Å²) in [7, 11) is 0. The molecule has 0 radical (unpaired) electrons. The topological polar surface area (TPSA) is 49.3 Å². The average Bonchev–Trinajstić information content (AvgIpc) is 2.38. The van der Waals surface area contributed by atoms with Crippen molar-refractivity contribution in [3.05, 3.63) is 62.6 Å². The summed E-state index contributed by atoms with van der Waals surface area (Å²) >= 11 is 9.53. The van der Waals surface area contributed by atoms with Crippen molar-refractivity contribution in [1.29, 1.82) is 0 Å². The lowest BCUT2D eigenvalue weighted by molar-refractivity contribution is 0.0697. The van der Waals surface area contributed by atoms with Crippen molar-refractivity contribution in [2.75, 3.05) is 5.32 Å². The molecule has 3 nitrogen and oxygen atoms in total.